The summed E-state index contributed by atoms with van der Waals surface area (Å²) in [6.45, 7) is 2.67. The van der Waals surface area contributed by atoms with Crippen molar-refractivity contribution in [1.82, 2.24) is 4.90 Å². The molecule has 94 valence electrons. The highest BCUT2D eigenvalue weighted by atomic mass is 15.2. The van der Waals surface area contributed by atoms with Crippen LogP contribution < -0.4 is 5.73 Å². The molecule has 1 heterocycles. The first-order valence-corrected chi connectivity index (χ1v) is 7.22. The molecule has 0 aromatic heterocycles. The van der Waals surface area contributed by atoms with Gasteiger partial charge in [0.1, 0.15) is 0 Å². The van der Waals surface area contributed by atoms with E-state index in [0.717, 1.165) is 12.5 Å². The third-order valence-corrected chi connectivity index (χ3v) is 4.61. The Morgan fingerprint density at radius 3 is 2.53 bits per heavy atom. The smallest absolute Gasteiger partial charge is 0.0264 e. The van der Waals surface area contributed by atoms with Crippen molar-refractivity contribution >= 4 is 0 Å². The number of likely N-dealkylation sites (tertiary alicyclic amines) is 1. The fraction of sp³-hybridized carbons (Fsp3) is 0.733. The zero-order chi connectivity index (χ0) is 11.7. The highest BCUT2D eigenvalue weighted by molar-refractivity contribution is 5.36. The summed E-state index contributed by atoms with van der Waals surface area (Å²) in [5.74, 6) is 0. The van der Waals surface area contributed by atoms with Crippen LogP contribution in [0.15, 0.2) is 23.3 Å². The van der Waals surface area contributed by atoms with E-state index >= 15 is 0 Å². The highest BCUT2D eigenvalue weighted by Gasteiger charge is 2.26. The standard InChI is InChI=1S/C15H24N2/c16-14-6-3-12-4-7-15(8-5-13(12)11-14)17-9-1-2-10-17/h3,11,14-15H,1-2,4-10,16H2/t14?,15-/m0/s1. The van der Waals surface area contributed by atoms with Crippen LogP contribution >= 0.6 is 0 Å². The Bertz CT molecular complexity index is 337. The Morgan fingerprint density at radius 1 is 1.06 bits per heavy atom. The van der Waals surface area contributed by atoms with Gasteiger partial charge < -0.3 is 10.6 Å². The van der Waals surface area contributed by atoms with Crippen LogP contribution in [0.3, 0.4) is 0 Å². The minimum absolute atomic E-state index is 0.275. The molecule has 0 bridgehead atoms. The van der Waals surface area contributed by atoms with Crippen LogP contribution in [0.25, 0.3) is 0 Å². The van der Waals surface area contributed by atoms with E-state index in [1.54, 1.807) is 11.1 Å². The minimum atomic E-state index is 0.275. The molecule has 1 saturated heterocycles. The second-order valence-corrected chi connectivity index (χ2v) is 5.80. The predicted octanol–water partition coefficient (Wildman–Crippen LogP) is 2.61. The van der Waals surface area contributed by atoms with Gasteiger partial charge in [0.25, 0.3) is 0 Å². The van der Waals surface area contributed by atoms with Crippen LogP contribution in [0.4, 0.5) is 0 Å². The first-order valence-electron chi connectivity index (χ1n) is 7.22. The summed E-state index contributed by atoms with van der Waals surface area (Å²) in [7, 11) is 0. The summed E-state index contributed by atoms with van der Waals surface area (Å²) in [6.07, 6.45) is 13.8. The fourth-order valence-electron chi connectivity index (χ4n) is 3.61. The van der Waals surface area contributed by atoms with Crippen molar-refractivity contribution in [2.75, 3.05) is 13.1 Å². The maximum absolute atomic E-state index is 6.02. The third kappa shape index (κ3) is 2.48. The van der Waals surface area contributed by atoms with E-state index in [2.05, 4.69) is 17.1 Å². The molecule has 0 aromatic rings. The molecule has 0 spiro atoms. The lowest BCUT2D eigenvalue weighted by atomic mass is 9.92. The van der Waals surface area contributed by atoms with Crippen LogP contribution in [0.1, 0.15) is 44.9 Å². The normalized spacial score (nSPS) is 34.9. The molecule has 0 radical (unpaired) electrons. The first kappa shape index (κ1) is 11.5. The van der Waals surface area contributed by atoms with Gasteiger partial charge >= 0.3 is 0 Å². The number of rotatable bonds is 1. The summed E-state index contributed by atoms with van der Waals surface area (Å²) in [5, 5.41) is 0. The molecule has 2 atom stereocenters. The Hall–Kier alpha value is -0.600. The molecule has 0 aromatic carbocycles. The van der Waals surface area contributed by atoms with Crippen LogP contribution in [-0.4, -0.2) is 30.1 Å². The van der Waals surface area contributed by atoms with Gasteiger partial charge in [-0.05, 0) is 69.2 Å². The zero-order valence-corrected chi connectivity index (χ0v) is 10.7. The largest absolute Gasteiger partial charge is 0.324 e. The van der Waals surface area contributed by atoms with Crippen molar-refractivity contribution in [2.45, 2.75) is 57.0 Å². The van der Waals surface area contributed by atoms with Crippen molar-refractivity contribution in [3.05, 3.63) is 23.3 Å². The fourth-order valence-corrected chi connectivity index (χ4v) is 3.61. The lowest BCUT2D eigenvalue weighted by molar-refractivity contribution is 0.223. The molecule has 2 nitrogen and oxygen atoms in total. The molecule has 1 unspecified atom stereocenters. The van der Waals surface area contributed by atoms with Crippen LogP contribution in [-0.2, 0) is 0 Å². The van der Waals surface area contributed by atoms with Crippen LogP contribution in [0.5, 0.6) is 0 Å². The van der Waals surface area contributed by atoms with Crippen molar-refractivity contribution in [2.24, 2.45) is 5.73 Å². The molecule has 2 heteroatoms. The number of nitrogens with two attached hydrogens (primary N) is 1. The molecule has 3 aliphatic rings. The molecule has 2 aliphatic carbocycles. The highest BCUT2D eigenvalue weighted by Crippen LogP contribution is 2.33. The lowest BCUT2D eigenvalue weighted by Gasteiger charge is -2.25. The maximum Gasteiger partial charge on any atom is 0.0264 e. The summed E-state index contributed by atoms with van der Waals surface area (Å²) in [6, 6.07) is 1.11. The van der Waals surface area contributed by atoms with Crippen molar-refractivity contribution in [1.29, 1.82) is 0 Å². The zero-order valence-electron chi connectivity index (χ0n) is 10.7. The van der Waals surface area contributed by atoms with E-state index < -0.39 is 0 Å². The van der Waals surface area contributed by atoms with Crippen molar-refractivity contribution in [3.8, 4) is 0 Å². The molecule has 2 N–H and O–H groups in total. The second kappa shape index (κ2) is 4.95. The SMILES string of the molecule is NC1C=C2CC[C@@H](N3CCCC3)CCC2=CC1. The number of hydrogen-bond acceptors (Lipinski definition) is 2. The van der Waals surface area contributed by atoms with E-state index in [9.17, 15) is 0 Å². The van der Waals surface area contributed by atoms with Gasteiger partial charge in [0.2, 0.25) is 0 Å². The molecule has 0 amide bonds. The van der Waals surface area contributed by atoms with E-state index in [4.69, 9.17) is 5.73 Å². The average Bonchev–Trinajstić information content (AvgIpc) is 2.77. The van der Waals surface area contributed by atoms with Gasteiger partial charge in [0, 0.05) is 12.1 Å². The molecular formula is C15H24N2. The first-order chi connectivity index (χ1) is 8.33. The van der Waals surface area contributed by atoms with E-state index in [0.29, 0.717) is 0 Å². The Morgan fingerprint density at radius 2 is 1.76 bits per heavy atom. The van der Waals surface area contributed by atoms with Gasteiger partial charge in [-0.15, -0.1) is 0 Å². The number of nitrogens with zero attached hydrogens (tertiary/aromatic N) is 1. The number of fused-ring (bicyclic) bond motifs is 1. The molecule has 3 rings (SSSR count). The van der Waals surface area contributed by atoms with Crippen molar-refractivity contribution in [3.63, 3.8) is 0 Å². The summed E-state index contributed by atoms with van der Waals surface area (Å²) < 4.78 is 0. The lowest BCUT2D eigenvalue weighted by Crippen LogP contribution is -2.32. The Labute approximate surface area is 105 Å². The van der Waals surface area contributed by atoms with Gasteiger partial charge in [-0.25, -0.2) is 0 Å². The predicted molar refractivity (Wildman–Crippen MR) is 71.8 cm³/mol. The quantitative estimate of drug-likeness (QED) is 0.753. The van der Waals surface area contributed by atoms with Gasteiger partial charge in [0.05, 0.1) is 0 Å². The van der Waals surface area contributed by atoms with Gasteiger partial charge in [0.15, 0.2) is 0 Å². The molecule has 2 fully saturated rings. The third-order valence-electron chi connectivity index (χ3n) is 4.61. The summed E-state index contributed by atoms with van der Waals surface area (Å²) in [4.78, 5) is 2.72. The number of allylic oxidation sites excluding steroid dienone is 2. The average molecular weight is 232 g/mol. The Kier molecular flexibility index (Phi) is 3.34. The molecule has 1 aliphatic heterocycles. The van der Waals surface area contributed by atoms with Gasteiger partial charge in [-0.1, -0.05) is 12.2 Å². The number of hydrogen-bond donors (Lipinski definition) is 1. The van der Waals surface area contributed by atoms with Crippen LogP contribution in [0, 0.1) is 0 Å². The van der Waals surface area contributed by atoms with Crippen molar-refractivity contribution < 1.29 is 0 Å². The summed E-state index contributed by atoms with van der Waals surface area (Å²) in [5.41, 5.74) is 9.18. The topological polar surface area (TPSA) is 29.3 Å². The minimum Gasteiger partial charge on any atom is -0.324 e. The van der Waals surface area contributed by atoms with Crippen LogP contribution in [0.2, 0.25) is 0 Å². The van der Waals surface area contributed by atoms with Gasteiger partial charge in [-0.2, -0.15) is 0 Å². The molecule has 1 saturated carbocycles. The maximum atomic E-state index is 6.02. The second-order valence-electron chi connectivity index (χ2n) is 5.80. The van der Waals surface area contributed by atoms with E-state index in [1.165, 1.54) is 51.6 Å². The van der Waals surface area contributed by atoms with E-state index in [-0.39, 0.29) is 6.04 Å². The monoisotopic (exact) mass is 232 g/mol. The van der Waals surface area contributed by atoms with Gasteiger partial charge in [-0.3, -0.25) is 0 Å². The Balaban J connectivity index is 1.69. The molecule has 17 heavy (non-hydrogen) atoms. The molecular weight excluding hydrogens is 208 g/mol. The van der Waals surface area contributed by atoms with E-state index in [1.807, 2.05) is 0 Å². The summed E-state index contributed by atoms with van der Waals surface area (Å²) >= 11 is 0.